The van der Waals surface area contributed by atoms with Gasteiger partial charge in [0.05, 0.1) is 23.8 Å². The van der Waals surface area contributed by atoms with E-state index < -0.39 is 0 Å². The zero-order chi connectivity index (χ0) is 20.2. The molecule has 0 unspecified atom stereocenters. The Kier molecular flexibility index (Phi) is 5.48. The summed E-state index contributed by atoms with van der Waals surface area (Å²) < 4.78 is 3.95. The van der Waals surface area contributed by atoms with Crippen LogP contribution in [-0.2, 0) is 17.9 Å². The second-order valence-electron chi connectivity index (χ2n) is 6.45. The molecule has 0 bridgehead atoms. The Morgan fingerprint density at radius 3 is 2.83 bits per heavy atom. The summed E-state index contributed by atoms with van der Waals surface area (Å²) in [6.45, 7) is 0.741. The summed E-state index contributed by atoms with van der Waals surface area (Å²) in [6.07, 6.45) is 4.72. The van der Waals surface area contributed by atoms with Gasteiger partial charge in [-0.05, 0) is 29.8 Å². The highest BCUT2D eigenvalue weighted by Crippen LogP contribution is 2.17. The van der Waals surface area contributed by atoms with E-state index >= 15 is 0 Å². The van der Waals surface area contributed by atoms with Crippen molar-refractivity contribution in [1.29, 1.82) is 0 Å². The molecular weight excluding hydrogens is 436 g/mol. The molecule has 29 heavy (non-hydrogen) atoms. The molecule has 0 atom stereocenters. The van der Waals surface area contributed by atoms with Crippen LogP contribution in [0.1, 0.15) is 12.0 Å². The van der Waals surface area contributed by atoms with E-state index in [4.69, 9.17) is 0 Å². The third-order valence-electron chi connectivity index (χ3n) is 4.46. The number of carbonyl (C=O) groups excluding carboxylic acids is 1. The van der Waals surface area contributed by atoms with E-state index in [0.29, 0.717) is 23.1 Å². The van der Waals surface area contributed by atoms with Crippen molar-refractivity contribution in [3.05, 3.63) is 81.8 Å². The quantitative estimate of drug-likeness (QED) is 0.485. The molecule has 146 valence electrons. The molecule has 0 saturated carbocycles. The van der Waals surface area contributed by atoms with Crippen LogP contribution in [0.4, 0.5) is 5.69 Å². The van der Waals surface area contributed by atoms with Crippen molar-refractivity contribution >= 4 is 38.4 Å². The van der Waals surface area contributed by atoms with Crippen LogP contribution in [-0.4, -0.2) is 30.2 Å². The molecule has 2 aromatic heterocycles. The van der Waals surface area contributed by atoms with E-state index in [-0.39, 0.29) is 24.4 Å². The van der Waals surface area contributed by atoms with Gasteiger partial charge in [-0.3, -0.25) is 14.2 Å². The van der Waals surface area contributed by atoms with Gasteiger partial charge in [-0.15, -0.1) is 0 Å². The fourth-order valence-electron chi connectivity index (χ4n) is 2.99. The van der Waals surface area contributed by atoms with E-state index in [1.165, 1.54) is 17.2 Å². The second kappa shape index (κ2) is 8.36. The monoisotopic (exact) mass is 452 g/mol. The third-order valence-corrected chi connectivity index (χ3v) is 4.95. The Hall–Kier alpha value is -3.33. The zero-order valence-corrected chi connectivity index (χ0v) is 16.9. The molecule has 8 nitrogen and oxygen atoms in total. The number of aryl methyl sites for hydroxylation is 1. The van der Waals surface area contributed by atoms with Gasteiger partial charge in [-0.1, -0.05) is 34.1 Å². The number of hydrogen-bond donors (Lipinski definition) is 1. The van der Waals surface area contributed by atoms with E-state index in [1.807, 2.05) is 30.3 Å². The number of fused-ring (bicyclic) bond motifs is 1. The number of anilines is 1. The summed E-state index contributed by atoms with van der Waals surface area (Å²) in [4.78, 5) is 33.3. The lowest BCUT2D eigenvalue weighted by Crippen LogP contribution is -2.24. The number of amides is 1. The van der Waals surface area contributed by atoms with E-state index in [9.17, 15) is 9.59 Å². The van der Waals surface area contributed by atoms with Gasteiger partial charge in [0, 0.05) is 23.1 Å². The fourth-order valence-corrected chi connectivity index (χ4v) is 3.36. The minimum atomic E-state index is -0.183. The Labute approximate surface area is 174 Å². The molecule has 4 rings (SSSR count). The van der Waals surface area contributed by atoms with Crippen LogP contribution in [0.5, 0.6) is 0 Å². The maximum atomic E-state index is 12.6. The Morgan fingerprint density at radius 2 is 2.00 bits per heavy atom. The van der Waals surface area contributed by atoms with Crippen LogP contribution in [0, 0.1) is 0 Å². The van der Waals surface area contributed by atoms with Crippen molar-refractivity contribution in [2.24, 2.45) is 0 Å². The number of halogens is 1. The highest BCUT2D eigenvalue weighted by atomic mass is 79.9. The summed E-state index contributed by atoms with van der Waals surface area (Å²) in [6, 6.07) is 12.9. The van der Waals surface area contributed by atoms with Gasteiger partial charge in [0.15, 0.2) is 0 Å². The van der Waals surface area contributed by atoms with Crippen molar-refractivity contribution in [3.63, 3.8) is 0 Å². The summed E-state index contributed by atoms with van der Waals surface area (Å²) in [7, 11) is 0. The number of nitrogens with one attached hydrogen (secondary N) is 1. The Bertz CT molecular complexity index is 1220. The molecule has 0 aliphatic rings. The number of aromatic nitrogens is 5. The molecule has 9 heteroatoms. The zero-order valence-electron chi connectivity index (χ0n) is 15.3. The highest BCUT2D eigenvalue weighted by Gasteiger charge is 2.10. The van der Waals surface area contributed by atoms with Crippen molar-refractivity contribution < 1.29 is 4.79 Å². The van der Waals surface area contributed by atoms with Crippen LogP contribution < -0.4 is 10.9 Å². The number of rotatable bonds is 6. The van der Waals surface area contributed by atoms with Crippen LogP contribution in [0.2, 0.25) is 0 Å². The summed E-state index contributed by atoms with van der Waals surface area (Å²) in [5.74, 6) is -0.183. The molecule has 0 radical (unpaired) electrons. The maximum Gasteiger partial charge on any atom is 0.261 e. The molecule has 0 aliphatic heterocycles. The van der Waals surface area contributed by atoms with E-state index in [1.54, 1.807) is 23.1 Å². The Balaban J connectivity index is 1.45. The average molecular weight is 453 g/mol. The molecule has 2 heterocycles. The molecule has 0 fully saturated rings. The molecule has 4 aromatic rings. The molecule has 0 aliphatic carbocycles. The fraction of sp³-hybridized carbons (Fsp3) is 0.150. The van der Waals surface area contributed by atoms with Gasteiger partial charge in [0.1, 0.15) is 12.7 Å². The number of benzene rings is 2. The smallest absolute Gasteiger partial charge is 0.261 e. The minimum absolute atomic E-state index is 0.152. The minimum Gasteiger partial charge on any atom is -0.326 e. The SMILES string of the molecule is O=C(CCn1cnc2ccc(Br)cc2c1=O)Nc1ccccc1Cn1cncn1. The largest absolute Gasteiger partial charge is 0.326 e. The molecular formula is C20H17BrN6O2. The van der Waals surface area contributed by atoms with Crippen molar-refractivity contribution in [1.82, 2.24) is 24.3 Å². The Morgan fingerprint density at radius 1 is 1.14 bits per heavy atom. The summed E-state index contributed by atoms with van der Waals surface area (Å²) >= 11 is 3.37. The second-order valence-corrected chi connectivity index (χ2v) is 7.37. The lowest BCUT2D eigenvalue weighted by Gasteiger charge is -2.12. The number of carbonyl (C=O) groups is 1. The highest BCUT2D eigenvalue weighted by molar-refractivity contribution is 9.10. The topological polar surface area (TPSA) is 94.7 Å². The van der Waals surface area contributed by atoms with Crippen LogP contribution in [0.3, 0.4) is 0 Å². The van der Waals surface area contributed by atoms with Gasteiger partial charge in [0.2, 0.25) is 5.91 Å². The van der Waals surface area contributed by atoms with Crippen LogP contribution in [0.15, 0.2) is 70.7 Å². The lowest BCUT2D eigenvalue weighted by atomic mass is 10.1. The predicted molar refractivity (Wildman–Crippen MR) is 113 cm³/mol. The standard InChI is InChI=1S/C20H17BrN6O2/c21-15-5-6-18-16(9-15)20(29)26(13-23-18)8-7-19(28)25-17-4-2-1-3-14(17)10-27-12-22-11-24-27/h1-6,9,11-13H,7-8,10H2,(H,25,28). The molecule has 2 aromatic carbocycles. The molecule has 1 N–H and O–H groups in total. The lowest BCUT2D eigenvalue weighted by molar-refractivity contribution is -0.116. The van der Waals surface area contributed by atoms with E-state index in [2.05, 4.69) is 36.3 Å². The van der Waals surface area contributed by atoms with Gasteiger partial charge in [0.25, 0.3) is 5.56 Å². The number of hydrogen-bond acceptors (Lipinski definition) is 5. The third kappa shape index (κ3) is 4.40. The maximum absolute atomic E-state index is 12.6. The van der Waals surface area contributed by atoms with Crippen molar-refractivity contribution in [2.75, 3.05) is 5.32 Å². The molecule has 1 amide bonds. The van der Waals surface area contributed by atoms with Crippen LogP contribution >= 0.6 is 15.9 Å². The van der Waals surface area contributed by atoms with Gasteiger partial charge < -0.3 is 5.32 Å². The van der Waals surface area contributed by atoms with Crippen LogP contribution in [0.25, 0.3) is 10.9 Å². The van der Waals surface area contributed by atoms with Gasteiger partial charge in [-0.25, -0.2) is 14.6 Å². The molecule has 0 spiro atoms. The predicted octanol–water partition coefficient (Wildman–Crippen LogP) is 2.83. The summed E-state index contributed by atoms with van der Waals surface area (Å²) in [5, 5.41) is 7.52. The number of para-hydroxylation sites is 1. The molecule has 0 saturated heterocycles. The first-order valence-electron chi connectivity index (χ1n) is 8.95. The van der Waals surface area contributed by atoms with Gasteiger partial charge >= 0.3 is 0 Å². The number of nitrogens with zero attached hydrogens (tertiary/aromatic N) is 5. The first kappa shape index (κ1) is 19.0. The first-order valence-corrected chi connectivity index (χ1v) is 9.74. The normalized spacial score (nSPS) is 10.9. The average Bonchev–Trinajstić information content (AvgIpc) is 3.22. The van der Waals surface area contributed by atoms with Crippen molar-refractivity contribution in [2.45, 2.75) is 19.5 Å². The van der Waals surface area contributed by atoms with Gasteiger partial charge in [-0.2, -0.15) is 5.10 Å². The van der Waals surface area contributed by atoms with E-state index in [0.717, 1.165) is 10.0 Å². The summed E-state index contributed by atoms with van der Waals surface area (Å²) in [5.41, 5.74) is 2.08. The first-order chi connectivity index (χ1) is 14.1. The van der Waals surface area contributed by atoms with Crippen molar-refractivity contribution in [3.8, 4) is 0 Å².